The van der Waals surface area contributed by atoms with Crippen LogP contribution in [0, 0.1) is 0 Å². The Kier molecular flexibility index (Phi) is 2.93. The minimum absolute atomic E-state index is 0.179. The van der Waals surface area contributed by atoms with Crippen molar-refractivity contribution in [3.8, 4) is 0 Å². The lowest BCUT2D eigenvalue weighted by Crippen LogP contribution is -2.36. The second kappa shape index (κ2) is 5.07. The zero-order valence-electron chi connectivity index (χ0n) is 11.7. The van der Waals surface area contributed by atoms with Crippen LogP contribution < -0.4 is 5.32 Å². The Bertz CT molecular complexity index is 797. The van der Waals surface area contributed by atoms with Gasteiger partial charge in [-0.25, -0.2) is 4.98 Å². The third-order valence-electron chi connectivity index (χ3n) is 3.65. The lowest BCUT2D eigenvalue weighted by molar-refractivity contribution is 0.104. The predicted octanol–water partition coefficient (Wildman–Crippen LogP) is 1.69. The molecule has 0 saturated carbocycles. The van der Waals surface area contributed by atoms with Crippen LogP contribution in [0.3, 0.4) is 0 Å². The highest BCUT2D eigenvalue weighted by Crippen LogP contribution is 2.29. The van der Waals surface area contributed by atoms with Gasteiger partial charge in [-0.05, 0) is 12.1 Å². The number of nitrogens with one attached hydrogen (secondary N) is 1. The fourth-order valence-electron chi connectivity index (χ4n) is 2.64. The zero-order chi connectivity index (χ0) is 14.9. The minimum atomic E-state index is -0.179. The number of aliphatic imine (C=N–C) groups is 1. The highest BCUT2D eigenvalue weighted by molar-refractivity contribution is 6.09. The van der Waals surface area contributed by atoms with E-state index in [2.05, 4.69) is 20.3 Å². The van der Waals surface area contributed by atoms with Gasteiger partial charge in [0.05, 0.1) is 18.4 Å². The molecule has 2 aliphatic heterocycles. The molecule has 1 N–H and O–H groups in total. The van der Waals surface area contributed by atoms with E-state index in [9.17, 15) is 4.79 Å². The average Bonchev–Trinajstić information content (AvgIpc) is 3.06. The summed E-state index contributed by atoms with van der Waals surface area (Å²) in [7, 11) is 0. The SMILES string of the molecule is O=C(C=C1Nc2ccccc2C2=NCCN12)c1cnccn1. The quantitative estimate of drug-likeness (QED) is 0.673. The molecule has 0 aliphatic carbocycles. The number of para-hydroxylation sites is 1. The normalized spacial score (nSPS) is 17.5. The number of hydrogen-bond acceptors (Lipinski definition) is 6. The molecule has 0 bridgehead atoms. The number of ketones is 1. The molecule has 3 heterocycles. The van der Waals surface area contributed by atoms with Crippen molar-refractivity contribution in [2.45, 2.75) is 0 Å². The average molecular weight is 291 g/mol. The molecule has 22 heavy (non-hydrogen) atoms. The summed E-state index contributed by atoms with van der Waals surface area (Å²) >= 11 is 0. The lowest BCUT2D eigenvalue weighted by Gasteiger charge is -2.31. The molecule has 4 rings (SSSR count). The van der Waals surface area contributed by atoms with Crippen molar-refractivity contribution in [3.05, 3.63) is 66.0 Å². The van der Waals surface area contributed by atoms with E-state index in [0.717, 1.165) is 36.0 Å². The largest absolute Gasteiger partial charge is 0.341 e. The van der Waals surface area contributed by atoms with E-state index in [4.69, 9.17) is 0 Å². The van der Waals surface area contributed by atoms with Crippen molar-refractivity contribution in [1.82, 2.24) is 14.9 Å². The van der Waals surface area contributed by atoms with Crippen molar-refractivity contribution in [2.24, 2.45) is 4.99 Å². The van der Waals surface area contributed by atoms with E-state index < -0.39 is 0 Å². The number of carbonyl (C=O) groups is 1. The maximum Gasteiger partial charge on any atom is 0.209 e. The number of allylic oxidation sites excluding steroid dienone is 1. The third-order valence-corrected chi connectivity index (χ3v) is 3.65. The third kappa shape index (κ3) is 2.05. The van der Waals surface area contributed by atoms with E-state index in [1.165, 1.54) is 12.4 Å². The lowest BCUT2D eigenvalue weighted by atomic mass is 10.1. The molecule has 1 aromatic carbocycles. The van der Waals surface area contributed by atoms with Crippen molar-refractivity contribution in [1.29, 1.82) is 0 Å². The van der Waals surface area contributed by atoms with Gasteiger partial charge in [0.2, 0.25) is 5.78 Å². The van der Waals surface area contributed by atoms with Gasteiger partial charge in [-0.15, -0.1) is 0 Å². The standard InChI is InChI=1S/C16H13N5O/c22-14(13-10-17-5-6-18-13)9-15-20-12-4-2-1-3-11(12)16-19-7-8-21(15)16/h1-6,9-10,20H,7-8H2. The molecule has 0 radical (unpaired) electrons. The van der Waals surface area contributed by atoms with Crippen LogP contribution in [-0.4, -0.2) is 39.6 Å². The van der Waals surface area contributed by atoms with Crippen molar-refractivity contribution < 1.29 is 4.79 Å². The molecule has 0 saturated heterocycles. The van der Waals surface area contributed by atoms with Gasteiger partial charge in [0.1, 0.15) is 17.4 Å². The van der Waals surface area contributed by atoms with Gasteiger partial charge in [0.25, 0.3) is 0 Å². The summed E-state index contributed by atoms with van der Waals surface area (Å²) in [4.78, 5) is 26.9. The zero-order valence-corrected chi connectivity index (χ0v) is 11.7. The van der Waals surface area contributed by atoms with Gasteiger partial charge in [-0.3, -0.25) is 14.8 Å². The molecule has 0 spiro atoms. The topological polar surface area (TPSA) is 70.5 Å². The van der Waals surface area contributed by atoms with Crippen LogP contribution in [0.15, 0.2) is 59.7 Å². The molecule has 0 unspecified atom stereocenters. The molecule has 6 heteroatoms. The molecule has 0 amide bonds. The Balaban J connectivity index is 1.73. The van der Waals surface area contributed by atoms with Crippen LogP contribution in [-0.2, 0) is 0 Å². The van der Waals surface area contributed by atoms with Crippen LogP contribution in [0.5, 0.6) is 0 Å². The number of benzene rings is 1. The Labute approximate surface area is 127 Å². The number of rotatable bonds is 2. The second-order valence-corrected chi connectivity index (χ2v) is 5.01. The molecule has 6 nitrogen and oxygen atoms in total. The number of hydrogen-bond donors (Lipinski definition) is 1. The number of anilines is 1. The number of amidine groups is 1. The van der Waals surface area contributed by atoms with Gasteiger partial charge in [0.15, 0.2) is 0 Å². The van der Waals surface area contributed by atoms with Gasteiger partial charge < -0.3 is 10.2 Å². The van der Waals surface area contributed by atoms with E-state index in [0.29, 0.717) is 5.69 Å². The molecule has 2 aromatic rings. The van der Waals surface area contributed by atoms with E-state index >= 15 is 0 Å². The number of aromatic nitrogens is 2. The summed E-state index contributed by atoms with van der Waals surface area (Å²) in [5, 5.41) is 3.31. The Morgan fingerprint density at radius 1 is 1.27 bits per heavy atom. The Morgan fingerprint density at radius 2 is 2.18 bits per heavy atom. The van der Waals surface area contributed by atoms with E-state index in [-0.39, 0.29) is 5.78 Å². The van der Waals surface area contributed by atoms with Gasteiger partial charge >= 0.3 is 0 Å². The fourth-order valence-corrected chi connectivity index (χ4v) is 2.64. The summed E-state index contributed by atoms with van der Waals surface area (Å²) in [6, 6.07) is 7.95. The molecule has 2 aliphatic rings. The van der Waals surface area contributed by atoms with Crippen LogP contribution >= 0.6 is 0 Å². The summed E-state index contributed by atoms with van der Waals surface area (Å²) in [5.74, 6) is 1.46. The van der Waals surface area contributed by atoms with E-state index in [1.807, 2.05) is 29.2 Å². The minimum Gasteiger partial charge on any atom is -0.341 e. The molecule has 1 aromatic heterocycles. The monoisotopic (exact) mass is 291 g/mol. The summed E-state index contributed by atoms with van der Waals surface area (Å²) in [6.45, 7) is 1.48. The number of nitrogens with zero attached hydrogens (tertiary/aromatic N) is 4. The number of fused-ring (bicyclic) bond motifs is 3. The van der Waals surface area contributed by atoms with Gasteiger partial charge in [-0.1, -0.05) is 12.1 Å². The predicted molar refractivity (Wildman–Crippen MR) is 82.6 cm³/mol. The molecular formula is C16H13N5O. The second-order valence-electron chi connectivity index (χ2n) is 5.01. The van der Waals surface area contributed by atoms with Crippen molar-refractivity contribution in [2.75, 3.05) is 18.4 Å². The first-order valence-corrected chi connectivity index (χ1v) is 7.03. The summed E-state index contributed by atoms with van der Waals surface area (Å²) in [5.41, 5.74) is 2.34. The summed E-state index contributed by atoms with van der Waals surface area (Å²) in [6.07, 6.45) is 6.08. The van der Waals surface area contributed by atoms with Crippen molar-refractivity contribution in [3.63, 3.8) is 0 Å². The van der Waals surface area contributed by atoms with Crippen molar-refractivity contribution >= 4 is 17.3 Å². The molecule has 0 fully saturated rings. The van der Waals surface area contributed by atoms with Crippen LogP contribution in [0.1, 0.15) is 16.1 Å². The maximum absolute atomic E-state index is 12.3. The Morgan fingerprint density at radius 3 is 3.05 bits per heavy atom. The maximum atomic E-state index is 12.3. The first-order chi connectivity index (χ1) is 10.8. The van der Waals surface area contributed by atoms with Gasteiger partial charge in [0, 0.05) is 30.6 Å². The fraction of sp³-hybridized carbons (Fsp3) is 0.125. The van der Waals surface area contributed by atoms with Crippen LogP contribution in [0.4, 0.5) is 5.69 Å². The Hall–Kier alpha value is -3.02. The highest BCUT2D eigenvalue weighted by atomic mass is 16.1. The molecule has 108 valence electrons. The molecule has 0 atom stereocenters. The van der Waals surface area contributed by atoms with E-state index in [1.54, 1.807) is 12.3 Å². The molecular weight excluding hydrogens is 278 g/mol. The number of carbonyl (C=O) groups excluding carboxylic acids is 1. The first kappa shape index (κ1) is 12.7. The smallest absolute Gasteiger partial charge is 0.209 e. The van der Waals surface area contributed by atoms with Crippen LogP contribution in [0.2, 0.25) is 0 Å². The highest BCUT2D eigenvalue weighted by Gasteiger charge is 2.29. The van der Waals surface area contributed by atoms with Gasteiger partial charge in [-0.2, -0.15) is 0 Å². The summed E-state index contributed by atoms with van der Waals surface area (Å²) < 4.78 is 0. The first-order valence-electron chi connectivity index (χ1n) is 7.03. The van der Waals surface area contributed by atoms with Crippen LogP contribution in [0.25, 0.3) is 0 Å².